The highest BCUT2D eigenvalue weighted by molar-refractivity contribution is 5.82. The average molecular weight is 387 g/mol. The van der Waals surface area contributed by atoms with Crippen molar-refractivity contribution in [2.24, 2.45) is 17.6 Å². The van der Waals surface area contributed by atoms with Crippen LogP contribution in [0.25, 0.3) is 10.9 Å². The lowest BCUT2D eigenvalue weighted by molar-refractivity contribution is 0.145. The van der Waals surface area contributed by atoms with Crippen LogP contribution in [0.15, 0.2) is 21.7 Å². The van der Waals surface area contributed by atoms with Crippen LogP contribution in [0.3, 0.4) is 0 Å². The number of aromatic amines is 1. The Balaban J connectivity index is 1.72. The van der Waals surface area contributed by atoms with Gasteiger partial charge in [-0.1, -0.05) is 13.0 Å². The smallest absolute Gasteiger partial charge is 0.347 e. The standard InChI is InChI=1S/C20H29N5O3/c1-11-8-24(9-14(11)16(21)10-28-3)20(6-7-20)15-5-4-13-17(12(15)2)23-19(27)25(22)18(13)26/h4-5,11,14,16H,6-10,21-22H2,1-3H3,(H,23,27)/t11-,14+,16+/m1/s1. The van der Waals surface area contributed by atoms with Crippen LogP contribution in [0, 0.1) is 18.8 Å². The number of hydrogen-bond acceptors (Lipinski definition) is 6. The molecule has 5 N–H and O–H groups in total. The molecule has 2 heterocycles. The van der Waals surface area contributed by atoms with Gasteiger partial charge in [0.15, 0.2) is 0 Å². The summed E-state index contributed by atoms with van der Waals surface area (Å²) in [5.41, 5.74) is 7.96. The van der Waals surface area contributed by atoms with Crippen molar-refractivity contribution in [2.45, 2.75) is 38.3 Å². The van der Waals surface area contributed by atoms with Crippen molar-refractivity contribution in [3.05, 3.63) is 44.1 Å². The van der Waals surface area contributed by atoms with E-state index in [1.54, 1.807) is 13.2 Å². The Kier molecular flexibility index (Phi) is 4.60. The Morgan fingerprint density at radius 1 is 1.32 bits per heavy atom. The number of nitrogens with one attached hydrogen (secondary N) is 1. The minimum absolute atomic E-state index is 0.0258. The minimum Gasteiger partial charge on any atom is -0.383 e. The van der Waals surface area contributed by atoms with Crippen LogP contribution in [-0.4, -0.2) is 47.4 Å². The van der Waals surface area contributed by atoms with Gasteiger partial charge in [0.05, 0.1) is 17.5 Å². The van der Waals surface area contributed by atoms with Crippen molar-refractivity contribution in [3.63, 3.8) is 0 Å². The molecule has 152 valence electrons. The van der Waals surface area contributed by atoms with Crippen molar-refractivity contribution in [1.82, 2.24) is 14.6 Å². The van der Waals surface area contributed by atoms with E-state index in [0.29, 0.717) is 34.0 Å². The third-order valence-electron chi connectivity index (χ3n) is 6.77. The third kappa shape index (κ3) is 2.78. The number of likely N-dealkylation sites (tertiary alicyclic amines) is 1. The zero-order chi connectivity index (χ0) is 20.2. The van der Waals surface area contributed by atoms with Crippen LogP contribution in [-0.2, 0) is 10.3 Å². The van der Waals surface area contributed by atoms with E-state index in [4.69, 9.17) is 16.3 Å². The van der Waals surface area contributed by atoms with Crippen LogP contribution >= 0.6 is 0 Å². The number of ether oxygens (including phenoxy) is 1. The van der Waals surface area contributed by atoms with Crippen molar-refractivity contribution in [2.75, 3.05) is 32.6 Å². The molecule has 0 spiro atoms. The average Bonchev–Trinajstić information content (AvgIpc) is 3.36. The predicted octanol–water partition coefficient (Wildman–Crippen LogP) is 0.243. The van der Waals surface area contributed by atoms with E-state index in [-0.39, 0.29) is 11.6 Å². The van der Waals surface area contributed by atoms with Gasteiger partial charge in [0, 0.05) is 31.8 Å². The maximum Gasteiger partial charge on any atom is 0.347 e. The number of H-pyrrole nitrogens is 1. The molecule has 2 aliphatic rings. The molecule has 2 fully saturated rings. The first kappa shape index (κ1) is 19.2. The fourth-order valence-corrected chi connectivity index (χ4v) is 5.03. The summed E-state index contributed by atoms with van der Waals surface area (Å²) in [6.07, 6.45) is 2.13. The first-order valence-electron chi connectivity index (χ1n) is 9.84. The van der Waals surface area contributed by atoms with Gasteiger partial charge in [0.1, 0.15) is 0 Å². The van der Waals surface area contributed by atoms with Gasteiger partial charge in [0.25, 0.3) is 5.56 Å². The Hall–Kier alpha value is -2.16. The van der Waals surface area contributed by atoms with Crippen molar-refractivity contribution >= 4 is 10.9 Å². The maximum absolute atomic E-state index is 12.3. The summed E-state index contributed by atoms with van der Waals surface area (Å²) in [5.74, 6) is 6.43. The van der Waals surface area contributed by atoms with Crippen LogP contribution in [0.2, 0.25) is 0 Å². The van der Waals surface area contributed by atoms with Crippen LogP contribution < -0.4 is 22.8 Å². The number of rotatable bonds is 5. The van der Waals surface area contributed by atoms with E-state index >= 15 is 0 Å². The molecule has 1 aliphatic carbocycles. The van der Waals surface area contributed by atoms with Gasteiger partial charge in [-0.25, -0.2) is 4.79 Å². The summed E-state index contributed by atoms with van der Waals surface area (Å²) in [5, 5.41) is 0.439. The third-order valence-corrected chi connectivity index (χ3v) is 6.77. The van der Waals surface area contributed by atoms with E-state index in [0.717, 1.165) is 31.5 Å². The Morgan fingerprint density at radius 3 is 2.68 bits per heavy atom. The van der Waals surface area contributed by atoms with E-state index in [2.05, 4.69) is 16.8 Å². The summed E-state index contributed by atoms with van der Waals surface area (Å²) in [4.78, 5) is 29.7. The van der Waals surface area contributed by atoms with Gasteiger partial charge in [-0.05, 0) is 48.8 Å². The number of nitrogens with two attached hydrogens (primary N) is 2. The van der Waals surface area contributed by atoms with Crippen molar-refractivity contribution < 1.29 is 4.74 Å². The highest BCUT2D eigenvalue weighted by atomic mass is 16.5. The molecule has 3 atom stereocenters. The van der Waals surface area contributed by atoms with Crippen LogP contribution in [0.4, 0.5) is 0 Å². The molecule has 28 heavy (non-hydrogen) atoms. The fourth-order valence-electron chi connectivity index (χ4n) is 5.03. The Bertz CT molecular complexity index is 1020. The molecule has 0 bridgehead atoms. The molecule has 1 aromatic heterocycles. The number of fused-ring (bicyclic) bond motifs is 1. The zero-order valence-corrected chi connectivity index (χ0v) is 16.7. The topological polar surface area (TPSA) is 119 Å². The second-order valence-electron chi connectivity index (χ2n) is 8.46. The zero-order valence-electron chi connectivity index (χ0n) is 16.7. The number of methoxy groups -OCH3 is 1. The summed E-state index contributed by atoms with van der Waals surface area (Å²) in [6, 6.07) is 3.84. The molecule has 0 amide bonds. The number of nitrogens with zero attached hydrogens (tertiary/aromatic N) is 2. The SMILES string of the molecule is COC[C@H](N)[C@H]1CN(C2(c3ccc4c(=O)n(N)c(=O)[nH]c4c3C)CC2)C[C@H]1C. The van der Waals surface area contributed by atoms with E-state index in [9.17, 15) is 9.59 Å². The summed E-state index contributed by atoms with van der Waals surface area (Å²) in [7, 11) is 1.69. The second-order valence-corrected chi connectivity index (χ2v) is 8.46. The number of aromatic nitrogens is 2. The molecule has 2 aromatic rings. The number of nitrogen functional groups attached to an aromatic ring is 1. The van der Waals surface area contributed by atoms with Gasteiger partial charge in [-0.2, -0.15) is 4.68 Å². The number of benzene rings is 1. The van der Waals surface area contributed by atoms with E-state index in [1.807, 2.05) is 13.0 Å². The van der Waals surface area contributed by atoms with Gasteiger partial charge in [-0.3, -0.25) is 9.69 Å². The molecule has 1 aliphatic heterocycles. The largest absolute Gasteiger partial charge is 0.383 e. The molecule has 1 saturated carbocycles. The molecule has 0 radical (unpaired) electrons. The first-order chi connectivity index (χ1) is 13.3. The summed E-state index contributed by atoms with van der Waals surface area (Å²) < 4.78 is 5.89. The molecular weight excluding hydrogens is 358 g/mol. The lowest BCUT2D eigenvalue weighted by Crippen LogP contribution is -2.41. The molecular formula is C20H29N5O3. The normalized spacial score (nSPS) is 25.3. The van der Waals surface area contributed by atoms with E-state index < -0.39 is 11.2 Å². The number of hydrogen-bond donors (Lipinski definition) is 3. The van der Waals surface area contributed by atoms with Gasteiger partial charge < -0.3 is 21.3 Å². The first-order valence-corrected chi connectivity index (χ1v) is 9.84. The maximum atomic E-state index is 12.3. The lowest BCUT2D eigenvalue weighted by atomic mass is 9.91. The van der Waals surface area contributed by atoms with Gasteiger partial charge in [-0.15, -0.1) is 0 Å². The Morgan fingerprint density at radius 2 is 2.04 bits per heavy atom. The number of aryl methyl sites for hydroxylation is 1. The van der Waals surface area contributed by atoms with Crippen molar-refractivity contribution in [1.29, 1.82) is 0 Å². The highest BCUT2D eigenvalue weighted by Gasteiger charge is 2.53. The monoisotopic (exact) mass is 387 g/mol. The van der Waals surface area contributed by atoms with Gasteiger partial charge in [0.2, 0.25) is 0 Å². The molecule has 8 nitrogen and oxygen atoms in total. The summed E-state index contributed by atoms with van der Waals surface area (Å²) in [6.45, 7) is 6.72. The summed E-state index contributed by atoms with van der Waals surface area (Å²) >= 11 is 0. The fraction of sp³-hybridized carbons (Fsp3) is 0.600. The second kappa shape index (κ2) is 6.72. The molecule has 1 saturated heterocycles. The molecule has 1 aromatic carbocycles. The lowest BCUT2D eigenvalue weighted by Gasteiger charge is -2.30. The van der Waals surface area contributed by atoms with Crippen LogP contribution in [0.5, 0.6) is 0 Å². The van der Waals surface area contributed by atoms with E-state index in [1.165, 1.54) is 5.56 Å². The highest BCUT2D eigenvalue weighted by Crippen LogP contribution is 2.54. The Labute approximate surface area is 163 Å². The van der Waals surface area contributed by atoms with Crippen LogP contribution in [0.1, 0.15) is 30.9 Å². The minimum atomic E-state index is -0.594. The van der Waals surface area contributed by atoms with Gasteiger partial charge >= 0.3 is 5.69 Å². The molecule has 0 unspecified atom stereocenters. The molecule has 4 rings (SSSR count). The predicted molar refractivity (Wildman–Crippen MR) is 109 cm³/mol. The quantitative estimate of drug-likeness (QED) is 0.633. The van der Waals surface area contributed by atoms with Crippen molar-refractivity contribution in [3.8, 4) is 0 Å². The molecule has 8 heteroatoms.